The molecular formula is C19H14FN3O2S. The van der Waals surface area contributed by atoms with Crippen molar-refractivity contribution >= 4 is 34.5 Å². The monoisotopic (exact) mass is 367 g/mol. The standard InChI is InChI=1S/C19H14FN3O2S/c1-12-8-13(3-7-18(24)25)2-5-16(12)19-22-23(11-26-19)15-4-6-17(20)14(9-15)10-21/h2-9H,11H2,1H3,(H,24,25)/b7-3+. The summed E-state index contributed by atoms with van der Waals surface area (Å²) in [5.74, 6) is -0.978. The molecule has 0 aliphatic carbocycles. The zero-order chi connectivity index (χ0) is 18.7. The minimum Gasteiger partial charge on any atom is -0.478 e. The molecule has 1 heterocycles. The molecule has 0 saturated carbocycles. The van der Waals surface area contributed by atoms with Gasteiger partial charge in [0.05, 0.1) is 17.1 Å². The van der Waals surface area contributed by atoms with Crippen molar-refractivity contribution in [3.05, 3.63) is 70.5 Å². The van der Waals surface area contributed by atoms with Gasteiger partial charge in [0.1, 0.15) is 16.9 Å². The molecule has 0 amide bonds. The second-order valence-corrected chi connectivity index (χ2v) is 6.53. The van der Waals surface area contributed by atoms with Crippen LogP contribution in [-0.4, -0.2) is 22.0 Å². The maximum Gasteiger partial charge on any atom is 0.328 e. The van der Waals surface area contributed by atoms with Crippen LogP contribution in [0.15, 0.2) is 47.6 Å². The zero-order valence-electron chi connectivity index (χ0n) is 13.8. The van der Waals surface area contributed by atoms with Crippen molar-refractivity contribution in [1.29, 1.82) is 5.26 Å². The quantitative estimate of drug-likeness (QED) is 0.827. The number of carboxylic acid groups (broad SMARTS) is 1. The molecule has 26 heavy (non-hydrogen) atoms. The van der Waals surface area contributed by atoms with E-state index in [2.05, 4.69) is 5.10 Å². The summed E-state index contributed by atoms with van der Waals surface area (Å²) in [6, 6.07) is 11.8. The van der Waals surface area contributed by atoms with Gasteiger partial charge in [-0.15, -0.1) is 0 Å². The minimum atomic E-state index is -0.992. The molecule has 0 bridgehead atoms. The Morgan fingerprint density at radius 1 is 1.38 bits per heavy atom. The van der Waals surface area contributed by atoms with Crippen LogP contribution in [0.25, 0.3) is 6.08 Å². The molecule has 0 aromatic heterocycles. The zero-order valence-corrected chi connectivity index (χ0v) is 14.6. The van der Waals surface area contributed by atoms with E-state index in [4.69, 9.17) is 10.4 Å². The van der Waals surface area contributed by atoms with E-state index in [9.17, 15) is 9.18 Å². The highest BCUT2D eigenvalue weighted by Crippen LogP contribution is 2.30. The van der Waals surface area contributed by atoms with Gasteiger partial charge >= 0.3 is 5.97 Å². The molecule has 2 aromatic rings. The normalized spacial score (nSPS) is 13.7. The van der Waals surface area contributed by atoms with Crippen molar-refractivity contribution in [2.24, 2.45) is 5.10 Å². The van der Waals surface area contributed by atoms with Crippen LogP contribution in [-0.2, 0) is 4.79 Å². The summed E-state index contributed by atoms with van der Waals surface area (Å²) in [6.07, 6.45) is 2.64. The molecule has 0 radical (unpaired) electrons. The number of halogens is 1. The second kappa shape index (κ2) is 7.42. The number of anilines is 1. The van der Waals surface area contributed by atoms with Crippen molar-refractivity contribution in [2.45, 2.75) is 6.92 Å². The van der Waals surface area contributed by atoms with Crippen LogP contribution >= 0.6 is 11.8 Å². The third-order valence-corrected chi connectivity index (χ3v) is 4.75. The molecule has 1 aliphatic rings. The molecule has 3 rings (SSSR count). The Kier molecular flexibility index (Phi) is 5.05. The van der Waals surface area contributed by atoms with Crippen LogP contribution in [0.2, 0.25) is 0 Å². The molecule has 0 saturated heterocycles. The summed E-state index contributed by atoms with van der Waals surface area (Å²) in [5.41, 5.74) is 3.37. The first-order valence-electron chi connectivity index (χ1n) is 7.68. The predicted octanol–water partition coefficient (Wildman–Crippen LogP) is 3.98. The molecule has 130 valence electrons. The number of nitriles is 1. The van der Waals surface area contributed by atoms with Gasteiger partial charge in [-0.25, -0.2) is 9.18 Å². The number of carbonyl (C=O) groups is 1. The fraction of sp³-hybridized carbons (Fsp3) is 0.105. The molecule has 7 heteroatoms. The number of rotatable bonds is 4. The number of benzene rings is 2. The molecule has 0 fully saturated rings. The summed E-state index contributed by atoms with van der Waals surface area (Å²) in [5, 5.41) is 24.8. The molecule has 5 nitrogen and oxygen atoms in total. The minimum absolute atomic E-state index is 0.0121. The van der Waals surface area contributed by atoms with Crippen LogP contribution < -0.4 is 5.01 Å². The largest absolute Gasteiger partial charge is 0.478 e. The average molecular weight is 367 g/mol. The van der Waals surface area contributed by atoms with Gasteiger partial charge in [-0.05, 0) is 42.3 Å². The lowest BCUT2D eigenvalue weighted by Gasteiger charge is -2.12. The van der Waals surface area contributed by atoms with Crippen molar-refractivity contribution in [3.63, 3.8) is 0 Å². The number of carboxylic acids is 1. The van der Waals surface area contributed by atoms with E-state index in [1.807, 2.05) is 31.2 Å². The number of aryl methyl sites for hydroxylation is 1. The first-order chi connectivity index (χ1) is 12.5. The maximum atomic E-state index is 13.5. The van der Waals surface area contributed by atoms with E-state index in [1.165, 1.54) is 18.2 Å². The summed E-state index contributed by atoms with van der Waals surface area (Å²) in [7, 11) is 0. The number of hydrazone groups is 1. The molecule has 0 atom stereocenters. The topological polar surface area (TPSA) is 76.7 Å². The Morgan fingerprint density at radius 3 is 2.88 bits per heavy atom. The highest BCUT2D eigenvalue weighted by atomic mass is 32.2. The third kappa shape index (κ3) is 3.76. The second-order valence-electron chi connectivity index (χ2n) is 5.60. The molecule has 1 aliphatic heterocycles. The summed E-state index contributed by atoms with van der Waals surface area (Å²) in [4.78, 5) is 10.6. The van der Waals surface area contributed by atoms with Gasteiger partial charge in [0.25, 0.3) is 0 Å². The van der Waals surface area contributed by atoms with Crippen molar-refractivity contribution < 1.29 is 14.3 Å². The smallest absolute Gasteiger partial charge is 0.328 e. The van der Waals surface area contributed by atoms with Gasteiger partial charge in [0.15, 0.2) is 0 Å². The van der Waals surface area contributed by atoms with Gasteiger partial charge in [0.2, 0.25) is 0 Å². The van der Waals surface area contributed by atoms with Crippen LogP contribution in [0, 0.1) is 24.1 Å². The Bertz CT molecular complexity index is 979. The van der Waals surface area contributed by atoms with Crippen LogP contribution in [0.1, 0.15) is 22.3 Å². The molecular weight excluding hydrogens is 353 g/mol. The fourth-order valence-corrected chi connectivity index (χ4v) is 3.50. The van der Waals surface area contributed by atoms with E-state index in [0.717, 1.165) is 27.8 Å². The lowest BCUT2D eigenvalue weighted by molar-refractivity contribution is -0.131. The Balaban J connectivity index is 1.86. The summed E-state index contributed by atoms with van der Waals surface area (Å²) >= 11 is 1.54. The Labute approximate surface area is 154 Å². The number of hydrogen-bond acceptors (Lipinski definition) is 5. The first-order valence-corrected chi connectivity index (χ1v) is 8.67. The summed E-state index contributed by atoms with van der Waals surface area (Å²) < 4.78 is 13.5. The number of thioether (sulfide) groups is 1. The third-order valence-electron chi connectivity index (χ3n) is 3.80. The SMILES string of the molecule is Cc1cc(/C=C/C(=O)O)ccc1C1=NN(c2ccc(F)c(C#N)c2)CS1. The van der Waals surface area contributed by atoms with E-state index >= 15 is 0 Å². The van der Waals surface area contributed by atoms with Gasteiger partial charge in [-0.2, -0.15) is 10.4 Å². The average Bonchev–Trinajstić information content (AvgIpc) is 3.10. The molecule has 2 aromatic carbocycles. The number of nitrogens with zero attached hydrogens (tertiary/aromatic N) is 3. The predicted molar refractivity (Wildman–Crippen MR) is 100 cm³/mol. The molecule has 0 spiro atoms. The van der Waals surface area contributed by atoms with E-state index < -0.39 is 11.8 Å². The lowest BCUT2D eigenvalue weighted by atomic mass is 10.1. The van der Waals surface area contributed by atoms with Crippen molar-refractivity contribution in [2.75, 3.05) is 10.9 Å². The molecule has 1 N–H and O–H groups in total. The maximum absolute atomic E-state index is 13.5. The van der Waals surface area contributed by atoms with E-state index in [0.29, 0.717) is 11.6 Å². The van der Waals surface area contributed by atoms with Crippen molar-refractivity contribution in [3.8, 4) is 6.07 Å². The lowest BCUT2D eigenvalue weighted by Crippen LogP contribution is -2.10. The molecule has 0 unspecified atom stereocenters. The Morgan fingerprint density at radius 2 is 2.19 bits per heavy atom. The van der Waals surface area contributed by atoms with Gasteiger partial charge in [0, 0.05) is 11.6 Å². The number of aliphatic carboxylic acids is 1. The van der Waals surface area contributed by atoms with Crippen LogP contribution in [0.3, 0.4) is 0 Å². The Hall–Kier alpha value is -3.11. The van der Waals surface area contributed by atoms with Crippen LogP contribution in [0.5, 0.6) is 0 Å². The van der Waals surface area contributed by atoms with Gasteiger partial charge < -0.3 is 5.11 Å². The fourth-order valence-electron chi connectivity index (χ4n) is 2.51. The van der Waals surface area contributed by atoms with E-state index in [1.54, 1.807) is 22.8 Å². The van der Waals surface area contributed by atoms with Crippen molar-refractivity contribution in [1.82, 2.24) is 0 Å². The highest BCUT2D eigenvalue weighted by Gasteiger charge is 2.20. The first kappa shape index (κ1) is 17.7. The summed E-state index contributed by atoms with van der Waals surface area (Å²) in [6.45, 7) is 1.94. The van der Waals surface area contributed by atoms with Crippen LogP contribution in [0.4, 0.5) is 10.1 Å². The van der Waals surface area contributed by atoms with Gasteiger partial charge in [-0.1, -0.05) is 30.0 Å². The number of hydrogen-bond donors (Lipinski definition) is 1. The van der Waals surface area contributed by atoms with Gasteiger partial charge in [-0.3, -0.25) is 5.01 Å². The highest BCUT2D eigenvalue weighted by molar-refractivity contribution is 8.14. The van der Waals surface area contributed by atoms with E-state index in [-0.39, 0.29) is 5.56 Å².